The standard InChI is InChI=1S/C28H29FN2O5/c1-34-21-13-9-19(10-14-21)28(33)31-16-23(22-5-4-6-25(35-2)26(22)36-3)24(17-31)27(32)30-15-18-7-11-20(29)12-8-18/h4-14,23-24H,15-17H2,1-3H3,(H,30,32). The fourth-order valence-corrected chi connectivity index (χ4v) is 4.59. The Labute approximate surface area is 209 Å². The largest absolute Gasteiger partial charge is 0.497 e. The smallest absolute Gasteiger partial charge is 0.253 e. The number of nitrogens with one attached hydrogen (secondary N) is 1. The highest BCUT2D eigenvalue weighted by molar-refractivity contribution is 5.95. The zero-order valence-corrected chi connectivity index (χ0v) is 20.5. The zero-order valence-electron chi connectivity index (χ0n) is 20.5. The van der Waals surface area contributed by atoms with Crippen molar-refractivity contribution in [1.82, 2.24) is 10.2 Å². The van der Waals surface area contributed by atoms with Crippen molar-refractivity contribution in [2.45, 2.75) is 12.5 Å². The first kappa shape index (κ1) is 25.0. The average Bonchev–Trinajstić information content (AvgIpc) is 3.37. The maximum atomic E-state index is 13.4. The Morgan fingerprint density at radius 3 is 2.28 bits per heavy atom. The molecule has 7 nitrogen and oxygen atoms in total. The highest BCUT2D eigenvalue weighted by atomic mass is 19.1. The monoisotopic (exact) mass is 492 g/mol. The van der Waals surface area contributed by atoms with Crippen molar-refractivity contribution in [2.75, 3.05) is 34.4 Å². The van der Waals surface area contributed by atoms with E-state index in [2.05, 4.69) is 5.32 Å². The van der Waals surface area contributed by atoms with Crippen molar-refractivity contribution in [3.63, 3.8) is 0 Å². The van der Waals surface area contributed by atoms with Gasteiger partial charge in [0.15, 0.2) is 11.5 Å². The third kappa shape index (κ3) is 5.27. The summed E-state index contributed by atoms with van der Waals surface area (Å²) in [7, 11) is 4.68. The van der Waals surface area contributed by atoms with Crippen LogP contribution >= 0.6 is 0 Å². The minimum atomic E-state index is -0.520. The van der Waals surface area contributed by atoms with Crippen LogP contribution in [0.2, 0.25) is 0 Å². The van der Waals surface area contributed by atoms with Gasteiger partial charge in [0.25, 0.3) is 5.91 Å². The number of halogens is 1. The number of rotatable bonds is 8. The molecular formula is C28H29FN2O5. The van der Waals surface area contributed by atoms with Gasteiger partial charge in [-0.15, -0.1) is 0 Å². The highest BCUT2D eigenvalue weighted by Crippen LogP contribution is 2.42. The number of carbonyl (C=O) groups excluding carboxylic acids is 2. The second kappa shape index (κ2) is 11.1. The number of nitrogens with zero attached hydrogens (tertiary/aromatic N) is 1. The molecule has 0 bridgehead atoms. The SMILES string of the molecule is COc1ccc(C(=O)N2CC(C(=O)NCc3ccc(F)cc3)C(c3cccc(OC)c3OC)C2)cc1. The molecule has 0 aliphatic carbocycles. The summed E-state index contributed by atoms with van der Waals surface area (Å²) in [5.74, 6) is 0.223. The molecule has 0 radical (unpaired) electrons. The normalized spacial score (nSPS) is 16.9. The van der Waals surface area contributed by atoms with Gasteiger partial charge >= 0.3 is 0 Å². The molecule has 3 aromatic carbocycles. The number of benzene rings is 3. The van der Waals surface area contributed by atoms with Gasteiger partial charge < -0.3 is 24.4 Å². The van der Waals surface area contributed by atoms with E-state index in [1.807, 2.05) is 12.1 Å². The Hall–Kier alpha value is -4.07. The number of para-hydroxylation sites is 1. The van der Waals surface area contributed by atoms with E-state index in [0.717, 1.165) is 11.1 Å². The summed E-state index contributed by atoms with van der Waals surface area (Å²) in [6, 6.07) is 18.4. The maximum absolute atomic E-state index is 13.4. The lowest BCUT2D eigenvalue weighted by Crippen LogP contribution is -2.35. The average molecular weight is 493 g/mol. The number of hydrogen-bond donors (Lipinski definition) is 1. The van der Waals surface area contributed by atoms with E-state index >= 15 is 0 Å². The molecule has 3 aromatic rings. The molecule has 1 heterocycles. The molecule has 4 rings (SSSR count). The van der Waals surface area contributed by atoms with Gasteiger partial charge in [-0.3, -0.25) is 9.59 Å². The fourth-order valence-electron chi connectivity index (χ4n) is 4.59. The summed E-state index contributed by atoms with van der Waals surface area (Å²) in [5, 5.41) is 2.95. The molecule has 1 fully saturated rings. The van der Waals surface area contributed by atoms with Crippen LogP contribution in [0.3, 0.4) is 0 Å². The van der Waals surface area contributed by atoms with Gasteiger partial charge in [-0.2, -0.15) is 0 Å². The summed E-state index contributed by atoms with van der Waals surface area (Å²) in [5.41, 5.74) is 2.09. The second-order valence-corrected chi connectivity index (χ2v) is 8.58. The summed E-state index contributed by atoms with van der Waals surface area (Å²) in [6.07, 6.45) is 0. The van der Waals surface area contributed by atoms with Gasteiger partial charge in [-0.25, -0.2) is 4.39 Å². The predicted octanol–water partition coefficient (Wildman–Crippen LogP) is 4.02. The van der Waals surface area contributed by atoms with Crippen LogP contribution in [0, 0.1) is 11.7 Å². The van der Waals surface area contributed by atoms with Crippen molar-refractivity contribution in [2.24, 2.45) is 5.92 Å². The van der Waals surface area contributed by atoms with Gasteiger partial charge in [-0.1, -0.05) is 24.3 Å². The first-order valence-corrected chi connectivity index (χ1v) is 11.6. The van der Waals surface area contributed by atoms with Gasteiger partial charge in [-0.05, 0) is 48.0 Å². The number of methoxy groups -OCH3 is 3. The Bertz CT molecular complexity index is 1210. The van der Waals surface area contributed by atoms with Gasteiger partial charge in [0.1, 0.15) is 11.6 Å². The van der Waals surface area contributed by atoms with Crippen molar-refractivity contribution in [1.29, 1.82) is 0 Å². The van der Waals surface area contributed by atoms with Crippen molar-refractivity contribution >= 4 is 11.8 Å². The summed E-state index contributed by atoms with van der Waals surface area (Å²) < 4.78 is 29.5. The molecule has 8 heteroatoms. The Morgan fingerprint density at radius 1 is 0.917 bits per heavy atom. The highest BCUT2D eigenvalue weighted by Gasteiger charge is 2.42. The predicted molar refractivity (Wildman–Crippen MR) is 133 cm³/mol. The van der Waals surface area contributed by atoms with Crippen LogP contribution in [0.15, 0.2) is 66.7 Å². The van der Waals surface area contributed by atoms with Crippen LogP contribution in [0.5, 0.6) is 17.2 Å². The number of ether oxygens (including phenoxy) is 3. The number of amides is 2. The fraction of sp³-hybridized carbons (Fsp3) is 0.286. The molecular weight excluding hydrogens is 463 g/mol. The third-order valence-corrected chi connectivity index (χ3v) is 6.49. The van der Waals surface area contributed by atoms with E-state index in [0.29, 0.717) is 29.4 Å². The Kier molecular flexibility index (Phi) is 7.73. The van der Waals surface area contributed by atoms with Crippen LogP contribution in [0.1, 0.15) is 27.4 Å². The zero-order chi connectivity index (χ0) is 25.7. The van der Waals surface area contributed by atoms with Crippen LogP contribution < -0.4 is 19.5 Å². The number of carbonyl (C=O) groups is 2. The molecule has 1 aliphatic heterocycles. The lowest BCUT2D eigenvalue weighted by molar-refractivity contribution is -0.125. The molecule has 1 saturated heterocycles. The lowest BCUT2D eigenvalue weighted by atomic mass is 9.87. The lowest BCUT2D eigenvalue weighted by Gasteiger charge is -2.21. The van der Waals surface area contributed by atoms with E-state index in [1.54, 1.807) is 68.7 Å². The molecule has 36 heavy (non-hydrogen) atoms. The summed E-state index contributed by atoms with van der Waals surface area (Å²) in [4.78, 5) is 28.4. The molecule has 2 unspecified atom stereocenters. The molecule has 2 amide bonds. The first-order chi connectivity index (χ1) is 17.4. The minimum absolute atomic E-state index is 0.168. The molecule has 1 aliphatic rings. The van der Waals surface area contributed by atoms with Gasteiger partial charge in [0.2, 0.25) is 5.91 Å². The topological polar surface area (TPSA) is 77.1 Å². The molecule has 0 saturated carbocycles. The molecule has 1 N–H and O–H groups in total. The Morgan fingerprint density at radius 2 is 1.64 bits per heavy atom. The van der Waals surface area contributed by atoms with Crippen molar-refractivity contribution in [3.8, 4) is 17.2 Å². The summed E-state index contributed by atoms with van der Waals surface area (Å²) >= 11 is 0. The van der Waals surface area contributed by atoms with Crippen LogP contribution in [0.25, 0.3) is 0 Å². The molecule has 188 valence electrons. The van der Waals surface area contributed by atoms with E-state index in [1.165, 1.54) is 12.1 Å². The number of hydrogen-bond acceptors (Lipinski definition) is 5. The van der Waals surface area contributed by atoms with E-state index in [9.17, 15) is 14.0 Å². The maximum Gasteiger partial charge on any atom is 0.253 e. The van der Waals surface area contributed by atoms with Crippen LogP contribution in [-0.2, 0) is 11.3 Å². The van der Waals surface area contributed by atoms with E-state index < -0.39 is 5.92 Å². The minimum Gasteiger partial charge on any atom is -0.497 e. The first-order valence-electron chi connectivity index (χ1n) is 11.6. The van der Waals surface area contributed by atoms with Crippen LogP contribution in [-0.4, -0.2) is 51.1 Å². The van der Waals surface area contributed by atoms with Crippen molar-refractivity contribution < 1.29 is 28.2 Å². The molecule has 0 spiro atoms. The molecule has 2 atom stereocenters. The molecule has 0 aromatic heterocycles. The van der Waals surface area contributed by atoms with Crippen LogP contribution in [0.4, 0.5) is 4.39 Å². The van der Waals surface area contributed by atoms with E-state index in [4.69, 9.17) is 14.2 Å². The Balaban J connectivity index is 1.61. The van der Waals surface area contributed by atoms with Gasteiger partial charge in [0, 0.05) is 36.7 Å². The number of likely N-dealkylation sites (tertiary alicyclic amines) is 1. The third-order valence-electron chi connectivity index (χ3n) is 6.49. The van der Waals surface area contributed by atoms with E-state index in [-0.39, 0.29) is 36.6 Å². The second-order valence-electron chi connectivity index (χ2n) is 8.58. The quantitative estimate of drug-likeness (QED) is 0.514. The van der Waals surface area contributed by atoms with Gasteiger partial charge in [0.05, 0.1) is 27.2 Å². The summed E-state index contributed by atoms with van der Waals surface area (Å²) in [6.45, 7) is 0.832. The van der Waals surface area contributed by atoms with Crippen molar-refractivity contribution in [3.05, 3.63) is 89.2 Å².